The van der Waals surface area contributed by atoms with Crippen LogP contribution in [0.1, 0.15) is 23.6 Å². The van der Waals surface area contributed by atoms with Crippen molar-refractivity contribution < 1.29 is 4.92 Å². The molecule has 0 spiro atoms. The molecule has 2 aromatic carbocycles. The standard InChI is InChI=1S/C17H16N4O2S/c1-18-17(24)20-16(13-8-5-9-14(10-13)21(22)23)11-15(19-20)12-6-3-2-4-7-12/h2-10,16H,11H2,1H3,(H,18,24)/t16-/m1/s1. The molecular weight excluding hydrogens is 324 g/mol. The highest BCUT2D eigenvalue weighted by Crippen LogP contribution is 2.34. The van der Waals surface area contributed by atoms with Gasteiger partial charge in [0.1, 0.15) is 0 Å². The predicted octanol–water partition coefficient (Wildman–Crippen LogP) is 3.25. The predicted molar refractivity (Wildman–Crippen MR) is 96.9 cm³/mol. The van der Waals surface area contributed by atoms with E-state index in [1.807, 2.05) is 36.4 Å². The Morgan fingerprint density at radius 2 is 2.04 bits per heavy atom. The van der Waals surface area contributed by atoms with Crippen molar-refractivity contribution in [3.05, 3.63) is 75.8 Å². The summed E-state index contributed by atoms with van der Waals surface area (Å²) in [6, 6.07) is 16.3. The van der Waals surface area contributed by atoms with E-state index < -0.39 is 4.92 Å². The lowest BCUT2D eigenvalue weighted by molar-refractivity contribution is -0.384. The van der Waals surface area contributed by atoms with Crippen LogP contribution in [0.3, 0.4) is 0 Å². The van der Waals surface area contributed by atoms with E-state index in [9.17, 15) is 10.1 Å². The molecule has 1 N–H and O–H groups in total. The van der Waals surface area contributed by atoms with E-state index in [1.165, 1.54) is 6.07 Å². The van der Waals surface area contributed by atoms with Crippen LogP contribution in [0, 0.1) is 10.1 Å². The molecule has 0 bridgehead atoms. The van der Waals surface area contributed by atoms with Crippen LogP contribution in [0.2, 0.25) is 0 Å². The first-order valence-electron chi connectivity index (χ1n) is 7.48. The maximum absolute atomic E-state index is 11.1. The summed E-state index contributed by atoms with van der Waals surface area (Å²) >= 11 is 5.35. The second kappa shape index (κ2) is 6.76. The Morgan fingerprint density at radius 1 is 1.29 bits per heavy atom. The van der Waals surface area contributed by atoms with E-state index in [0.29, 0.717) is 11.5 Å². The van der Waals surface area contributed by atoms with Crippen molar-refractivity contribution in [3.63, 3.8) is 0 Å². The second-order valence-corrected chi connectivity index (χ2v) is 5.77. The van der Waals surface area contributed by atoms with Crippen LogP contribution in [0.5, 0.6) is 0 Å². The summed E-state index contributed by atoms with van der Waals surface area (Å²) in [4.78, 5) is 10.7. The SMILES string of the molecule is CNC(=S)N1N=C(c2ccccc2)C[C@@H]1c1cccc([N+](=O)[O-])c1. The summed E-state index contributed by atoms with van der Waals surface area (Å²) in [5.74, 6) is 0. The number of non-ortho nitro benzene ring substituents is 1. The summed E-state index contributed by atoms with van der Waals surface area (Å²) in [5, 5.41) is 20.8. The van der Waals surface area contributed by atoms with Crippen LogP contribution >= 0.6 is 12.2 Å². The molecule has 1 atom stereocenters. The summed E-state index contributed by atoms with van der Waals surface area (Å²) in [5.41, 5.74) is 2.81. The maximum Gasteiger partial charge on any atom is 0.269 e. The van der Waals surface area contributed by atoms with Crippen molar-refractivity contribution >= 4 is 28.7 Å². The molecule has 0 radical (unpaired) electrons. The normalized spacial score (nSPS) is 16.6. The van der Waals surface area contributed by atoms with E-state index in [2.05, 4.69) is 10.4 Å². The van der Waals surface area contributed by atoms with Crippen LogP contribution in [-0.2, 0) is 0 Å². The molecule has 1 aliphatic heterocycles. The highest BCUT2D eigenvalue weighted by Gasteiger charge is 2.31. The summed E-state index contributed by atoms with van der Waals surface area (Å²) in [6.45, 7) is 0. The molecule has 0 aromatic heterocycles. The van der Waals surface area contributed by atoms with Gasteiger partial charge in [-0.05, 0) is 23.3 Å². The number of nitro benzene ring substituents is 1. The maximum atomic E-state index is 11.1. The van der Waals surface area contributed by atoms with Crippen LogP contribution in [-0.4, -0.2) is 27.8 Å². The van der Waals surface area contributed by atoms with Gasteiger partial charge in [0.25, 0.3) is 5.69 Å². The van der Waals surface area contributed by atoms with E-state index >= 15 is 0 Å². The molecule has 2 aromatic rings. The van der Waals surface area contributed by atoms with Crippen LogP contribution in [0.25, 0.3) is 0 Å². The summed E-state index contributed by atoms with van der Waals surface area (Å²) in [7, 11) is 1.74. The first-order chi connectivity index (χ1) is 11.6. The van der Waals surface area contributed by atoms with Crippen molar-refractivity contribution in [1.82, 2.24) is 10.3 Å². The first-order valence-corrected chi connectivity index (χ1v) is 7.89. The fourth-order valence-corrected chi connectivity index (χ4v) is 2.89. The van der Waals surface area contributed by atoms with Crippen molar-refractivity contribution in [2.45, 2.75) is 12.5 Å². The van der Waals surface area contributed by atoms with Gasteiger partial charge < -0.3 is 5.32 Å². The minimum absolute atomic E-state index is 0.0657. The lowest BCUT2D eigenvalue weighted by Gasteiger charge is -2.23. The largest absolute Gasteiger partial charge is 0.364 e. The molecular formula is C17H16N4O2S. The molecule has 7 heteroatoms. The van der Waals surface area contributed by atoms with Crippen molar-refractivity contribution in [2.75, 3.05) is 7.05 Å². The second-order valence-electron chi connectivity index (χ2n) is 5.38. The molecule has 122 valence electrons. The molecule has 0 unspecified atom stereocenters. The minimum Gasteiger partial charge on any atom is -0.364 e. The van der Waals surface area contributed by atoms with Gasteiger partial charge in [-0.15, -0.1) is 0 Å². The Kier molecular flexibility index (Phi) is 4.52. The third-order valence-electron chi connectivity index (χ3n) is 3.91. The van der Waals surface area contributed by atoms with Gasteiger partial charge in [-0.1, -0.05) is 42.5 Å². The molecule has 3 rings (SSSR count). The first kappa shape index (κ1) is 16.1. The molecule has 0 fully saturated rings. The number of benzene rings is 2. The smallest absolute Gasteiger partial charge is 0.269 e. The molecule has 0 amide bonds. The van der Waals surface area contributed by atoms with Crippen LogP contribution in [0.15, 0.2) is 59.7 Å². The van der Waals surface area contributed by atoms with Crippen molar-refractivity contribution in [2.24, 2.45) is 5.10 Å². The number of nitrogens with one attached hydrogen (secondary N) is 1. The lowest BCUT2D eigenvalue weighted by atomic mass is 9.98. The number of hydrogen-bond donors (Lipinski definition) is 1. The number of nitrogens with zero attached hydrogens (tertiary/aromatic N) is 3. The van der Waals surface area contributed by atoms with E-state index in [1.54, 1.807) is 24.2 Å². The highest BCUT2D eigenvalue weighted by atomic mass is 32.1. The van der Waals surface area contributed by atoms with E-state index in [-0.39, 0.29) is 11.7 Å². The van der Waals surface area contributed by atoms with Gasteiger partial charge in [0.15, 0.2) is 5.11 Å². The Labute approximate surface area is 144 Å². The molecule has 1 heterocycles. The third kappa shape index (κ3) is 3.11. The molecule has 0 aliphatic carbocycles. The lowest BCUT2D eigenvalue weighted by Crippen LogP contribution is -2.34. The van der Waals surface area contributed by atoms with Crippen LogP contribution in [0.4, 0.5) is 5.69 Å². The van der Waals surface area contributed by atoms with Gasteiger partial charge in [-0.2, -0.15) is 5.10 Å². The average Bonchev–Trinajstić information content (AvgIpc) is 3.07. The zero-order valence-electron chi connectivity index (χ0n) is 13.0. The fourth-order valence-electron chi connectivity index (χ4n) is 2.72. The molecule has 1 aliphatic rings. The van der Waals surface area contributed by atoms with Crippen molar-refractivity contribution in [3.8, 4) is 0 Å². The number of hydrazone groups is 1. The Hall–Kier alpha value is -2.80. The quantitative estimate of drug-likeness (QED) is 0.528. The number of nitro groups is 1. The Balaban J connectivity index is 1.97. The minimum atomic E-state index is -0.391. The monoisotopic (exact) mass is 340 g/mol. The van der Waals surface area contributed by atoms with E-state index in [0.717, 1.165) is 16.8 Å². The summed E-state index contributed by atoms with van der Waals surface area (Å²) in [6.07, 6.45) is 0.632. The number of hydrogen-bond acceptors (Lipinski definition) is 4. The average molecular weight is 340 g/mol. The molecule has 6 nitrogen and oxygen atoms in total. The summed E-state index contributed by atoms with van der Waals surface area (Å²) < 4.78 is 0. The fraction of sp³-hybridized carbons (Fsp3) is 0.176. The Morgan fingerprint density at radius 3 is 2.71 bits per heavy atom. The van der Waals surface area contributed by atoms with Crippen molar-refractivity contribution in [1.29, 1.82) is 0 Å². The zero-order valence-corrected chi connectivity index (χ0v) is 13.9. The molecule has 24 heavy (non-hydrogen) atoms. The molecule has 0 saturated carbocycles. The van der Waals surface area contributed by atoms with Gasteiger partial charge in [0.2, 0.25) is 0 Å². The van der Waals surface area contributed by atoms with Crippen LogP contribution < -0.4 is 5.32 Å². The van der Waals surface area contributed by atoms with Gasteiger partial charge in [-0.3, -0.25) is 10.1 Å². The topological polar surface area (TPSA) is 70.8 Å². The third-order valence-corrected chi connectivity index (χ3v) is 4.30. The highest BCUT2D eigenvalue weighted by molar-refractivity contribution is 7.80. The number of thiocarbonyl (C=S) groups is 1. The van der Waals surface area contributed by atoms with Gasteiger partial charge in [0.05, 0.1) is 16.7 Å². The van der Waals surface area contributed by atoms with Gasteiger partial charge >= 0.3 is 0 Å². The zero-order chi connectivity index (χ0) is 17.1. The van der Waals surface area contributed by atoms with Gasteiger partial charge in [-0.25, -0.2) is 5.01 Å². The number of rotatable bonds is 3. The van der Waals surface area contributed by atoms with Gasteiger partial charge in [0, 0.05) is 25.6 Å². The van der Waals surface area contributed by atoms with E-state index in [4.69, 9.17) is 12.2 Å². The Bertz CT molecular complexity index is 807. The molecule has 0 saturated heterocycles.